The maximum absolute atomic E-state index is 11.4. The molecule has 0 amide bonds. The third-order valence-electron chi connectivity index (χ3n) is 2.10. The summed E-state index contributed by atoms with van der Waals surface area (Å²) in [5, 5.41) is 7.69. The van der Waals surface area contributed by atoms with Gasteiger partial charge >= 0.3 is 5.97 Å². The summed E-state index contributed by atoms with van der Waals surface area (Å²) in [6.45, 7) is 3.99. The number of hydrogen-bond donors (Lipinski definition) is 1. The van der Waals surface area contributed by atoms with Crippen molar-refractivity contribution < 1.29 is 9.53 Å². The fraction of sp³-hybridized carbons (Fsp3) is 0.417. The van der Waals surface area contributed by atoms with Gasteiger partial charge in [-0.15, -0.1) is 0 Å². The first kappa shape index (κ1) is 13.2. The van der Waals surface area contributed by atoms with Gasteiger partial charge in [-0.2, -0.15) is 5.11 Å². The predicted molar refractivity (Wildman–Crippen MR) is 65.6 cm³/mol. The van der Waals surface area contributed by atoms with Gasteiger partial charge in [0.2, 0.25) is 0 Å². The minimum atomic E-state index is -0.536. The molecule has 0 spiro atoms. The van der Waals surface area contributed by atoms with Crippen molar-refractivity contribution in [1.82, 2.24) is 0 Å². The van der Waals surface area contributed by atoms with Crippen LogP contribution in [0.2, 0.25) is 0 Å². The summed E-state index contributed by atoms with van der Waals surface area (Å²) in [7, 11) is 0. The van der Waals surface area contributed by atoms with Crippen molar-refractivity contribution >= 4 is 11.7 Å². The summed E-state index contributed by atoms with van der Waals surface area (Å²) in [5.41, 5.74) is 3.59. The lowest BCUT2D eigenvalue weighted by atomic mass is 10.2. The Balaban J connectivity index is 2.48. The van der Waals surface area contributed by atoms with Gasteiger partial charge in [-0.25, -0.2) is 4.79 Å². The Morgan fingerprint density at radius 1 is 1.35 bits per heavy atom. The van der Waals surface area contributed by atoms with E-state index in [1.54, 1.807) is 6.92 Å². The van der Waals surface area contributed by atoms with E-state index in [-0.39, 0.29) is 5.97 Å². The number of ether oxygens (including phenoxy) is 1. The largest absolute Gasteiger partial charge is 0.464 e. The van der Waals surface area contributed by atoms with Crippen LogP contribution in [0.4, 0.5) is 5.69 Å². The molecule has 0 aliphatic heterocycles. The normalized spacial score (nSPS) is 12.4. The number of hydrogen-bond acceptors (Lipinski definition) is 4. The molecule has 1 N–H and O–H groups in total. The summed E-state index contributed by atoms with van der Waals surface area (Å²) < 4.78 is 4.88. The molecule has 1 aromatic carbocycles. The molecule has 0 aliphatic carbocycles. The molecule has 5 heteroatoms. The highest BCUT2D eigenvalue weighted by Crippen LogP contribution is 2.06. The number of esters is 1. The van der Waals surface area contributed by atoms with Crippen molar-refractivity contribution in [3.63, 3.8) is 0 Å². The average Bonchev–Trinajstić information content (AvgIpc) is 2.36. The number of para-hydroxylation sites is 1. The summed E-state index contributed by atoms with van der Waals surface area (Å²) in [6, 6.07) is 8.89. The molecule has 0 aromatic heterocycles. The summed E-state index contributed by atoms with van der Waals surface area (Å²) in [6.07, 6.45) is 0.568. The van der Waals surface area contributed by atoms with E-state index in [1.165, 1.54) is 0 Å². The minimum absolute atomic E-state index is 0.339. The maximum atomic E-state index is 11.4. The lowest BCUT2D eigenvalue weighted by Gasteiger charge is -2.07. The molecule has 0 radical (unpaired) electrons. The standard InChI is InChI=1S/C12H17N3O2/c1-3-11(12(16)17-4-2)14-15-13-10-8-6-5-7-9-10/h5-9,11H,3-4H2,1-2H3,(H,13,14). The Kier molecular flexibility index (Phi) is 5.71. The van der Waals surface area contributed by atoms with Crippen molar-refractivity contribution in [3.05, 3.63) is 30.3 Å². The number of nitrogens with one attached hydrogen (secondary N) is 1. The van der Waals surface area contributed by atoms with Crippen molar-refractivity contribution in [3.8, 4) is 0 Å². The van der Waals surface area contributed by atoms with Crippen LogP contribution in [0.3, 0.4) is 0 Å². The third kappa shape index (κ3) is 4.63. The molecule has 0 aliphatic rings. The summed E-state index contributed by atoms with van der Waals surface area (Å²) >= 11 is 0. The molecule has 1 atom stereocenters. The quantitative estimate of drug-likeness (QED) is 0.468. The molecule has 92 valence electrons. The fourth-order valence-corrected chi connectivity index (χ4v) is 1.20. The van der Waals surface area contributed by atoms with Crippen LogP contribution in [0.5, 0.6) is 0 Å². The van der Waals surface area contributed by atoms with Gasteiger partial charge in [0, 0.05) is 0 Å². The molecule has 5 nitrogen and oxygen atoms in total. The van der Waals surface area contributed by atoms with Crippen LogP contribution >= 0.6 is 0 Å². The molecular formula is C12H17N3O2. The van der Waals surface area contributed by atoms with E-state index in [4.69, 9.17) is 4.74 Å². The maximum Gasteiger partial charge on any atom is 0.332 e. The molecule has 0 heterocycles. The second-order valence-corrected chi connectivity index (χ2v) is 3.37. The Morgan fingerprint density at radius 3 is 2.65 bits per heavy atom. The van der Waals surface area contributed by atoms with Crippen LogP contribution in [0.15, 0.2) is 40.7 Å². The van der Waals surface area contributed by atoms with Crippen LogP contribution in [-0.4, -0.2) is 18.6 Å². The lowest BCUT2D eigenvalue weighted by Crippen LogP contribution is -2.20. The molecule has 0 fully saturated rings. The molecular weight excluding hydrogens is 218 g/mol. The second kappa shape index (κ2) is 7.38. The van der Waals surface area contributed by atoms with Crippen molar-refractivity contribution in [2.24, 2.45) is 10.3 Å². The van der Waals surface area contributed by atoms with E-state index in [9.17, 15) is 4.79 Å². The highest BCUT2D eigenvalue weighted by molar-refractivity contribution is 5.75. The molecule has 0 bridgehead atoms. The highest BCUT2D eigenvalue weighted by atomic mass is 16.5. The minimum Gasteiger partial charge on any atom is -0.464 e. The second-order valence-electron chi connectivity index (χ2n) is 3.37. The van der Waals surface area contributed by atoms with Gasteiger partial charge in [-0.1, -0.05) is 30.3 Å². The number of carbonyl (C=O) groups excluding carboxylic acids is 1. The number of benzene rings is 1. The Morgan fingerprint density at radius 2 is 2.06 bits per heavy atom. The van der Waals surface area contributed by atoms with Crippen LogP contribution in [0, 0.1) is 0 Å². The predicted octanol–water partition coefficient (Wildman–Crippen LogP) is 2.81. The zero-order valence-corrected chi connectivity index (χ0v) is 10.1. The molecule has 1 aromatic rings. The van der Waals surface area contributed by atoms with Gasteiger partial charge < -0.3 is 4.74 Å². The van der Waals surface area contributed by atoms with Crippen molar-refractivity contribution in [2.75, 3.05) is 12.0 Å². The van der Waals surface area contributed by atoms with Gasteiger partial charge in [0.15, 0.2) is 6.04 Å². The molecule has 1 unspecified atom stereocenters. The Bertz CT molecular complexity index is 365. The zero-order valence-electron chi connectivity index (χ0n) is 10.1. The zero-order chi connectivity index (χ0) is 12.5. The van der Waals surface area contributed by atoms with Crippen LogP contribution < -0.4 is 5.43 Å². The number of rotatable bonds is 6. The van der Waals surface area contributed by atoms with Crippen LogP contribution in [0.25, 0.3) is 0 Å². The lowest BCUT2D eigenvalue weighted by molar-refractivity contribution is -0.144. The van der Waals surface area contributed by atoms with Gasteiger partial charge in [-0.05, 0) is 25.5 Å². The molecule has 17 heavy (non-hydrogen) atoms. The van der Waals surface area contributed by atoms with Gasteiger partial charge in [0.1, 0.15) is 0 Å². The van der Waals surface area contributed by atoms with E-state index in [0.29, 0.717) is 13.0 Å². The van der Waals surface area contributed by atoms with Gasteiger partial charge in [0.05, 0.1) is 12.3 Å². The monoisotopic (exact) mass is 235 g/mol. The Hall–Kier alpha value is -1.91. The van der Waals surface area contributed by atoms with E-state index < -0.39 is 6.04 Å². The van der Waals surface area contributed by atoms with Crippen LogP contribution in [0.1, 0.15) is 20.3 Å². The first-order chi connectivity index (χ1) is 8.27. The van der Waals surface area contributed by atoms with E-state index in [0.717, 1.165) is 5.69 Å². The summed E-state index contributed by atoms with van der Waals surface area (Å²) in [4.78, 5) is 11.4. The number of nitrogens with zero attached hydrogens (tertiary/aromatic N) is 2. The van der Waals surface area contributed by atoms with Crippen LogP contribution in [-0.2, 0) is 9.53 Å². The van der Waals surface area contributed by atoms with E-state index >= 15 is 0 Å². The molecule has 0 saturated heterocycles. The summed E-state index contributed by atoms with van der Waals surface area (Å²) in [5.74, 6) is -0.339. The first-order valence-corrected chi connectivity index (χ1v) is 5.65. The molecule has 0 saturated carbocycles. The van der Waals surface area contributed by atoms with E-state index in [2.05, 4.69) is 15.8 Å². The number of carbonyl (C=O) groups is 1. The number of anilines is 1. The van der Waals surface area contributed by atoms with Gasteiger partial charge in [0.25, 0.3) is 0 Å². The smallest absolute Gasteiger partial charge is 0.332 e. The first-order valence-electron chi connectivity index (χ1n) is 5.65. The third-order valence-corrected chi connectivity index (χ3v) is 2.10. The molecule has 1 rings (SSSR count). The fourth-order valence-electron chi connectivity index (χ4n) is 1.20. The van der Waals surface area contributed by atoms with Crippen molar-refractivity contribution in [1.29, 1.82) is 0 Å². The SMILES string of the molecule is CCOC(=O)C(CC)N=NNc1ccccc1. The average molecular weight is 235 g/mol. The van der Waals surface area contributed by atoms with E-state index in [1.807, 2.05) is 37.3 Å². The highest BCUT2D eigenvalue weighted by Gasteiger charge is 2.16. The van der Waals surface area contributed by atoms with Crippen molar-refractivity contribution in [2.45, 2.75) is 26.3 Å². The Labute approximate surface area is 101 Å². The topological polar surface area (TPSA) is 63.0 Å². The van der Waals surface area contributed by atoms with Gasteiger partial charge in [-0.3, -0.25) is 5.43 Å².